The molecule has 1 atom stereocenters. The third-order valence-electron chi connectivity index (χ3n) is 2.49. The molecule has 104 valence electrons. The Morgan fingerprint density at radius 2 is 1.50 bits per heavy atom. The van der Waals surface area contributed by atoms with E-state index in [1.807, 2.05) is 41.5 Å². The topological polar surface area (TPSA) is 55.8 Å². The molecule has 0 aromatic carbocycles. The average molecular weight is 256 g/mol. The van der Waals surface area contributed by atoms with Crippen molar-refractivity contribution in [3.63, 3.8) is 0 Å². The van der Waals surface area contributed by atoms with Crippen molar-refractivity contribution >= 4 is 5.78 Å². The van der Waals surface area contributed by atoms with E-state index >= 15 is 0 Å². The molecule has 4 heteroatoms. The summed E-state index contributed by atoms with van der Waals surface area (Å²) in [5, 5.41) is 10.3. The van der Waals surface area contributed by atoms with Gasteiger partial charge in [0.2, 0.25) is 11.5 Å². The molecule has 1 aliphatic rings. The number of carbonyl (C=O) groups excluding carboxylic acids is 1. The predicted octanol–water partition coefficient (Wildman–Crippen LogP) is 2.55. The van der Waals surface area contributed by atoms with Crippen LogP contribution in [0.3, 0.4) is 0 Å². The number of carbonyl (C=O) groups is 1. The van der Waals surface area contributed by atoms with Crippen LogP contribution in [0.15, 0.2) is 11.5 Å². The second kappa shape index (κ2) is 4.26. The minimum atomic E-state index is -1.52. The summed E-state index contributed by atoms with van der Waals surface area (Å²) in [5.41, 5.74) is -2.49. The molecule has 0 saturated carbocycles. The summed E-state index contributed by atoms with van der Waals surface area (Å²) in [6.45, 7) is 12.9. The van der Waals surface area contributed by atoms with Crippen molar-refractivity contribution in [2.75, 3.05) is 0 Å². The number of aliphatic hydroxyl groups is 1. The van der Waals surface area contributed by atoms with Crippen LogP contribution in [-0.4, -0.2) is 27.7 Å². The molecule has 0 aromatic rings. The second-order valence-corrected chi connectivity index (χ2v) is 6.63. The van der Waals surface area contributed by atoms with E-state index in [1.54, 1.807) is 6.92 Å². The van der Waals surface area contributed by atoms with Gasteiger partial charge < -0.3 is 14.6 Å². The Kier molecular flexibility index (Phi) is 3.56. The van der Waals surface area contributed by atoms with E-state index in [1.165, 1.54) is 0 Å². The fourth-order valence-corrected chi connectivity index (χ4v) is 1.68. The summed E-state index contributed by atoms with van der Waals surface area (Å²) >= 11 is 0. The van der Waals surface area contributed by atoms with Crippen LogP contribution < -0.4 is 0 Å². The highest BCUT2D eigenvalue weighted by Crippen LogP contribution is 2.42. The lowest BCUT2D eigenvalue weighted by Crippen LogP contribution is -2.54. The first-order valence-corrected chi connectivity index (χ1v) is 6.30. The first kappa shape index (κ1) is 15.0. The molecule has 1 unspecified atom stereocenters. The fourth-order valence-electron chi connectivity index (χ4n) is 1.68. The lowest BCUT2D eigenvalue weighted by Gasteiger charge is -2.42. The summed E-state index contributed by atoms with van der Waals surface area (Å²) in [6, 6.07) is 0. The van der Waals surface area contributed by atoms with Gasteiger partial charge in [-0.25, -0.2) is 0 Å². The number of hydrogen-bond donors (Lipinski definition) is 1. The third kappa shape index (κ3) is 2.86. The lowest BCUT2D eigenvalue weighted by atomic mass is 9.80. The van der Waals surface area contributed by atoms with Gasteiger partial charge in [0.15, 0.2) is 11.4 Å². The van der Waals surface area contributed by atoms with E-state index in [2.05, 4.69) is 0 Å². The van der Waals surface area contributed by atoms with Gasteiger partial charge in [-0.05, 0) is 48.0 Å². The van der Waals surface area contributed by atoms with Gasteiger partial charge in [-0.3, -0.25) is 4.79 Å². The molecular formula is C14H24O4. The highest BCUT2D eigenvalue weighted by atomic mass is 16.6. The first-order chi connectivity index (χ1) is 7.91. The molecule has 4 nitrogen and oxygen atoms in total. The Balaban J connectivity index is 3.11. The number of Topliss-reactive ketones (excluding diaryl/α,β-unsaturated/α-hetero) is 1. The molecule has 0 radical (unpaired) electrons. The SMILES string of the molecule is CCC1(O)C(=O)C(OC(C)(C)C)=C1OC(C)(C)C. The molecule has 0 bridgehead atoms. The summed E-state index contributed by atoms with van der Waals surface area (Å²) in [5.74, 6) is 0.0263. The van der Waals surface area contributed by atoms with Gasteiger partial charge >= 0.3 is 0 Å². The van der Waals surface area contributed by atoms with E-state index in [-0.39, 0.29) is 23.7 Å². The minimum Gasteiger partial charge on any atom is -0.485 e. The maximum atomic E-state index is 12.0. The van der Waals surface area contributed by atoms with Crippen molar-refractivity contribution in [2.45, 2.75) is 71.7 Å². The summed E-state index contributed by atoms with van der Waals surface area (Å²) in [6.07, 6.45) is 0.286. The normalized spacial score (nSPS) is 25.0. The molecule has 0 aliphatic heterocycles. The van der Waals surface area contributed by atoms with Crippen molar-refractivity contribution in [3.8, 4) is 0 Å². The van der Waals surface area contributed by atoms with Crippen molar-refractivity contribution in [3.05, 3.63) is 11.5 Å². The molecule has 0 aromatic heterocycles. The van der Waals surface area contributed by atoms with E-state index < -0.39 is 16.8 Å². The zero-order valence-corrected chi connectivity index (χ0v) is 12.4. The Morgan fingerprint density at radius 3 is 1.83 bits per heavy atom. The predicted molar refractivity (Wildman–Crippen MR) is 68.9 cm³/mol. The number of ether oxygens (including phenoxy) is 2. The smallest absolute Gasteiger partial charge is 0.240 e. The summed E-state index contributed by atoms with van der Waals surface area (Å²) < 4.78 is 11.3. The van der Waals surface area contributed by atoms with E-state index in [9.17, 15) is 9.90 Å². The molecule has 0 fully saturated rings. The molecule has 0 saturated heterocycles. The van der Waals surface area contributed by atoms with Gasteiger partial charge in [0.25, 0.3) is 0 Å². The Bertz CT molecular complexity index is 382. The van der Waals surface area contributed by atoms with Crippen molar-refractivity contribution in [1.82, 2.24) is 0 Å². The van der Waals surface area contributed by atoms with Crippen molar-refractivity contribution in [2.24, 2.45) is 0 Å². The van der Waals surface area contributed by atoms with Crippen LogP contribution in [0.25, 0.3) is 0 Å². The number of rotatable bonds is 3. The standard InChI is InChI=1S/C14H24O4/c1-8-14(16)10(15)9(17-12(2,3)4)11(14)18-13(5,6)7/h16H,8H2,1-7H3. The number of ketones is 1. The van der Waals surface area contributed by atoms with Crippen LogP contribution >= 0.6 is 0 Å². The van der Waals surface area contributed by atoms with Gasteiger partial charge in [-0.1, -0.05) is 6.92 Å². The van der Waals surface area contributed by atoms with Gasteiger partial charge in [0.1, 0.15) is 11.2 Å². The van der Waals surface area contributed by atoms with Gasteiger partial charge in [0.05, 0.1) is 0 Å². The maximum absolute atomic E-state index is 12.0. The van der Waals surface area contributed by atoms with Crippen LogP contribution in [0.1, 0.15) is 54.9 Å². The van der Waals surface area contributed by atoms with Gasteiger partial charge in [-0.2, -0.15) is 0 Å². The van der Waals surface area contributed by atoms with Gasteiger partial charge in [-0.15, -0.1) is 0 Å². The van der Waals surface area contributed by atoms with Crippen LogP contribution in [-0.2, 0) is 14.3 Å². The molecule has 0 spiro atoms. The Labute approximate surface area is 109 Å². The van der Waals surface area contributed by atoms with E-state index in [0.29, 0.717) is 0 Å². The zero-order valence-electron chi connectivity index (χ0n) is 12.4. The highest BCUT2D eigenvalue weighted by molar-refractivity contribution is 6.10. The zero-order chi connectivity index (χ0) is 14.4. The highest BCUT2D eigenvalue weighted by Gasteiger charge is 2.57. The van der Waals surface area contributed by atoms with E-state index in [0.717, 1.165) is 0 Å². The number of hydrogen-bond acceptors (Lipinski definition) is 4. The van der Waals surface area contributed by atoms with Gasteiger partial charge in [0, 0.05) is 0 Å². The Morgan fingerprint density at radius 1 is 1.06 bits per heavy atom. The van der Waals surface area contributed by atoms with Crippen LogP contribution in [0.5, 0.6) is 0 Å². The Hall–Kier alpha value is -1.03. The van der Waals surface area contributed by atoms with Crippen LogP contribution in [0.2, 0.25) is 0 Å². The van der Waals surface area contributed by atoms with Crippen molar-refractivity contribution in [1.29, 1.82) is 0 Å². The lowest BCUT2D eigenvalue weighted by molar-refractivity contribution is -0.157. The molecule has 18 heavy (non-hydrogen) atoms. The largest absolute Gasteiger partial charge is 0.485 e. The molecule has 0 amide bonds. The van der Waals surface area contributed by atoms with E-state index in [4.69, 9.17) is 9.47 Å². The summed E-state index contributed by atoms with van der Waals surface area (Å²) in [7, 11) is 0. The maximum Gasteiger partial charge on any atom is 0.240 e. The molecular weight excluding hydrogens is 232 g/mol. The summed E-state index contributed by atoms with van der Waals surface area (Å²) in [4.78, 5) is 12.0. The molecule has 1 aliphatic carbocycles. The molecule has 1 rings (SSSR count). The molecule has 1 N–H and O–H groups in total. The monoisotopic (exact) mass is 256 g/mol. The van der Waals surface area contributed by atoms with Crippen LogP contribution in [0.4, 0.5) is 0 Å². The quantitative estimate of drug-likeness (QED) is 0.843. The minimum absolute atomic E-state index is 0.154. The third-order valence-corrected chi connectivity index (χ3v) is 2.49. The average Bonchev–Trinajstić information content (AvgIpc) is 2.19. The van der Waals surface area contributed by atoms with Crippen LogP contribution in [0, 0.1) is 0 Å². The first-order valence-electron chi connectivity index (χ1n) is 6.30. The fraction of sp³-hybridized carbons (Fsp3) is 0.786. The molecule has 0 heterocycles. The van der Waals surface area contributed by atoms with Crippen molar-refractivity contribution < 1.29 is 19.4 Å². The second-order valence-electron chi connectivity index (χ2n) is 6.63.